The second-order valence-corrected chi connectivity index (χ2v) is 31.4. The molecule has 0 atom stereocenters. The predicted molar refractivity (Wildman–Crippen MR) is 457 cm³/mol. The number of amides is 3. The molecule has 3 amide bonds. The summed E-state index contributed by atoms with van der Waals surface area (Å²) in [7, 11) is -5.80. The highest BCUT2D eigenvalue weighted by molar-refractivity contribution is 9.10. The van der Waals surface area contributed by atoms with Gasteiger partial charge in [-0.25, -0.2) is 55.0 Å². The number of imide groups is 1. The Morgan fingerprint density at radius 2 is 0.975 bits per heavy atom. The van der Waals surface area contributed by atoms with Crippen molar-refractivity contribution < 1.29 is 71.1 Å². The average molecular weight is 1850 g/mol. The average Bonchev–Trinajstić information content (AvgIpc) is 0.938. The second kappa shape index (κ2) is 43.4. The number of aromatic nitrogens is 10. The Morgan fingerprint density at radius 3 is 1.42 bits per heavy atom. The van der Waals surface area contributed by atoms with Gasteiger partial charge in [0, 0.05) is 63.1 Å². The van der Waals surface area contributed by atoms with Gasteiger partial charge in [-0.1, -0.05) is 125 Å². The van der Waals surface area contributed by atoms with Crippen LogP contribution >= 0.6 is 63.9 Å². The fraction of sp³-hybridized carbons (Fsp3) is 0.136. The number of halogens is 8. The summed E-state index contributed by atoms with van der Waals surface area (Å²) in [5, 5.41) is 12.2. The number of hydrogen-bond acceptors (Lipinski definition) is 24. The number of methoxy groups -OCH3 is 2. The highest BCUT2D eigenvalue weighted by Crippen LogP contribution is 2.34. The number of aromatic amines is 4. The number of anilines is 2. The van der Waals surface area contributed by atoms with Crippen LogP contribution in [0.5, 0.6) is 17.2 Å². The van der Waals surface area contributed by atoms with Gasteiger partial charge in [-0.15, -0.1) is 11.8 Å². The maximum absolute atomic E-state index is 13.6. The highest BCUT2D eigenvalue weighted by Gasteiger charge is 2.51. The zero-order valence-corrected chi connectivity index (χ0v) is 71.1. The number of H-pyrrole nitrogens is 4. The summed E-state index contributed by atoms with van der Waals surface area (Å²) in [5.41, 5.74) is 3.90. The van der Waals surface area contributed by atoms with Gasteiger partial charge in [-0.05, 0) is 133 Å². The predicted octanol–water partition coefficient (Wildman–Crippen LogP) is 16.4. The van der Waals surface area contributed by atoms with Crippen molar-refractivity contribution in [2.45, 2.75) is 72.5 Å². The molecule has 0 unspecified atom stereocenters. The maximum Gasteiger partial charge on any atom is 0.357 e. The van der Waals surface area contributed by atoms with E-state index in [1.165, 1.54) is 86.3 Å². The van der Waals surface area contributed by atoms with Crippen molar-refractivity contribution in [1.29, 1.82) is 0 Å². The van der Waals surface area contributed by atoms with Crippen LogP contribution in [0, 0.1) is 29.1 Å². The number of carbonyl (C=O) groups excluding carboxylic acids is 2. The molecule has 0 spiro atoms. The van der Waals surface area contributed by atoms with Gasteiger partial charge in [0.1, 0.15) is 34.5 Å². The largest absolute Gasteiger partial charge is 0.497 e. The van der Waals surface area contributed by atoms with Crippen LogP contribution in [0.2, 0.25) is 0 Å². The molecule has 6 aromatic heterocycles. The Labute approximate surface area is 719 Å². The van der Waals surface area contributed by atoms with Gasteiger partial charge in [0.2, 0.25) is 34.8 Å². The first-order chi connectivity index (χ1) is 58.4. The van der Waals surface area contributed by atoms with Crippen molar-refractivity contribution in [2.75, 3.05) is 23.8 Å². The molecule has 16 rings (SSSR count). The van der Waals surface area contributed by atoms with E-state index in [4.69, 9.17) is 42.1 Å². The van der Waals surface area contributed by atoms with Crippen LogP contribution in [0.4, 0.5) is 38.4 Å². The molecule has 1 aliphatic heterocycles. The standard InChI is InChI=1S/C19H16N4O5S.C15H12N2OS.C14H5F5N2O4S.C11H12N2O2.C8H5BrN2O.C7H8S.C5H6Cl2N2O2.C2H6/c1-27-14-4-2-13(3-5-14)11-23(18-8-9-28-22-18)29(25,26)15-6-7-16-17(10-15)20-12-21-19(16)24;18-15-13-7-6-12(8-14(13)16-10-17-15)19-9-11-4-2-1-3-5-11;15-8-9(16)11(18)13(12(19)10(8)17)25-26(23,24)5-1-2-6-7(3-5)20-4-21-14(6)22;1-14-10-4-2-9(3-5-10)8-12-11-6-7-15-13-11;9-5-1-2-6-7(3-5)10-4-11-8(6)12;8-6-7-4-2-1-3-5-7;1-5(2)3(10)8(6)4(11)9(5)7;1-2/h2-10,12H,11H2,1H3,(H,20,21,24);1-8,10H,9H2,(H,16,17,18);1-4H,(H,20,21,22);2-7H,8H2,1H3,(H,12,13);1-4H,(H,10,11,12);1-5,8H,6H2;1-2H3;1-2H3. The Hall–Kier alpha value is -12.8. The van der Waals surface area contributed by atoms with Crippen molar-refractivity contribution in [3.63, 3.8) is 0 Å². The summed E-state index contributed by atoms with van der Waals surface area (Å²) in [4.78, 5) is 94.3. The van der Waals surface area contributed by atoms with E-state index in [1.54, 1.807) is 62.4 Å². The highest BCUT2D eigenvalue weighted by atomic mass is 79.9. The van der Waals surface area contributed by atoms with Gasteiger partial charge in [0.15, 0.2) is 11.6 Å². The maximum atomic E-state index is 13.6. The number of fused-ring (bicyclic) bond motifs is 4. The fourth-order valence-corrected chi connectivity index (χ4v) is 14.6. The molecule has 0 saturated carbocycles. The third-order valence-corrected chi connectivity index (χ3v) is 22.5. The van der Waals surface area contributed by atoms with Crippen LogP contribution in [0.25, 0.3) is 43.6 Å². The number of thiol groups is 1. The van der Waals surface area contributed by atoms with Crippen LogP contribution in [0.15, 0.2) is 279 Å². The molecule has 0 aliphatic carbocycles. The van der Waals surface area contributed by atoms with E-state index in [2.05, 4.69) is 113 Å². The van der Waals surface area contributed by atoms with E-state index >= 15 is 0 Å². The van der Waals surface area contributed by atoms with E-state index in [9.17, 15) is 67.6 Å². The molecule has 1 saturated heterocycles. The van der Waals surface area contributed by atoms with E-state index < -0.39 is 82.9 Å². The van der Waals surface area contributed by atoms with E-state index in [0.29, 0.717) is 31.8 Å². The van der Waals surface area contributed by atoms with Crippen LogP contribution in [-0.2, 0) is 49.5 Å². The van der Waals surface area contributed by atoms with Crippen molar-refractivity contribution >= 4 is 151 Å². The minimum atomic E-state index is -5.00. The van der Waals surface area contributed by atoms with E-state index in [1.807, 2.05) is 105 Å². The van der Waals surface area contributed by atoms with Gasteiger partial charge in [-0.3, -0.25) is 24.0 Å². The molecule has 5 N–H and O–H groups in total. The Kier molecular flexibility index (Phi) is 33.1. The number of sulfonamides is 1. The number of hydrogen-bond donors (Lipinski definition) is 6. The van der Waals surface area contributed by atoms with Crippen LogP contribution < -0.4 is 45.5 Å². The molecule has 1 fully saturated rings. The first-order valence-corrected chi connectivity index (χ1v) is 41.5. The lowest BCUT2D eigenvalue weighted by Crippen LogP contribution is -2.38. The van der Waals surface area contributed by atoms with Crippen molar-refractivity contribution in [1.82, 2.24) is 59.0 Å². The summed E-state index contributed by atoms with van der Waals surface area (Å²) in [5.74, 6) is -10.4. The number of nitrogens with zero attached hydrogens (tertiary/aromatic N) is 9. The molecule has 9 aromatic carbocycles. The van der Waals surface area contributed by atoms with Crippen LogP contribution in [0.1, 0.15) is 49.9 Å². The second-order valence-electron chi connectivity index (χ2n) is 25.0. The molecule has 29 nitrogen and oxygen atoms in total. The topological polar surface area (TPSA) is 387 Å². The summed E-state index contributed by atoms with van der Waals surface area (Å²) in [6, 6.07) is 55.9. The zero-order valence-electron chi connectivity index (χ0n) is 64.6. The lowest BCUT2D eigenvalue weighted by molar-refractivity contribution is -0.127. The van der Waals surface area contributed by atoms with Crippen molar-refractivity contribution in [3.8, 4) is 17.2 Å². The summed E-state index contributed by atoms with van der Waals surface area (Å²) >= 11 is 19.9. The molecule has 41 heteroatoms. The van der Waals surface area contributed by atoms with Crippen LogP contribution in [-0.4, -0.2) is 108 Å². The normalized spacial score (nSPS) is 11.9. The van der Waals surface area contributed by atoms with Crippen molar-refractivity contribution in [2.24, 2.45) is 0 Å². The SMILES string of the molecule is CC.CC1(C)C(=O)N(Cl)C(=O)N1Cl.COc1ccc(CN(c2ccon2)S(=O)(=O)c2ccc3c(=O)[nH]cnc3c2)cc1.COc1ccc(CNc2ccon2)cc1.O=c1[nH]cnc2cc(Br)ccc12.O=c1[nH]cnc2cc(S(=O)(=O)Oc3c(F)c(F)c(F)c(F)c3F)ccc12.O=c1[nH]cnc2cc(SCc3ccccc3)ccc12.SCc1ccccc1. The molecule has 634 valence electrons. The molecular formula is C81H70BrCl2F5N14O15S4. The Bertz CT molecular complexity index is 6560. The number of benzene rings is 9. The Morgan fingerprint density at radius 1 is 0.533 bits per heavy atom. The number of ether oxygens (including phenoxy) is 2. The third kappa shape index (κ3) is 24.1. The van der Waals surface area contributed by atoms with E-state index in [0.717, 1.165) is 83.3 Å². The monoisotopic (exact) mass is 1850 g/mol. The smallest absolute Gasteiger partial charge is 0.357 e. The quantitative estimate of drug-likeness (QED) is 0.00720. The lowest BCUT2D eigenvalue weighted by atomic mass is 10.1. The summed E-state index contributed by atoms with van der Waals surface area (Å²) < 4.78 is 145. The minimum Gasteiger partial charge on any atom is -0.497 e. The minimum absolute atomic E-state index is 0.00248. The Balaban J connectivity index is 0.000000167. The van der Waals surface area contributed by atoms with E-state index in [-0.39, 0.29) is 50.4 Å². The van der Waals surface area contributed by atoms with Gasteiger partial charge >= 0.3 is 16.1 Å². The molecule has 1 aliphatic rings. The number of rotatable bonds is 17. The lowest BCUT2D eigenvalue weighted by Gasteiger charge is -2.22. The summed E-state index contributed by atoms with van der Waals surface area (Å²) in [6.07, 6.45) is 7.89. The number of urea groups is 1. The molecule has 0 radical (unpaired) electrons. The third-order valence-electron chi connectivity index (χ3n) is 16.7. The number of nitrogens with one attached hydrogen (secondary N) is 5. The zero-order chi connectivity index (χ0) is 88.4. The van der Waals surface area contributed by atoms with Crippen molar-refractivity contribution in [3.05, 3.63) is 329 Å². The number of carbonyl (C=O) groups is 2. The first-order valence-electron chi connectivity index (χ1n) is 35.6. The molecule has 7 heterocycles. The number of thioether (sulfide) groups is 1. The fourth-order valence-electron chi connectivity index (χ4n) is 10.3. The first kappa shape index (κ1) is 93.1. The molecular weight excluding hydrogens is 1780 g/mol. The molecule has 0 bridgehead atoms. The van der Waals surface area contributed by atoms with Gasteiger partial charge in [0.25, 0.3) is 38.2 Å². The van der Waals surface area contributed by atoms with Gasteiger partial charge in [0.05, 0.1) is 94.6 Å². The van der Waals surface area contributed by atoms with Crippen LogP contribution in [0.3, 0.4) is 0 Å². The summed E-state index contributed by atoms with van der Waals surface area (Å²) in [6.45, 7) is 7.78. The van der Waals surface area contributed by atoms with Gasteiger partial charge < -0.3 is 48.0 Å². The molecule has 15 aromatic rings. The van der Waals surface area contributed by atoms with Gasteiger partial charge in [-0.2, -0.15) is 34.2 Å². The molecule has 122 heavy (non-hydrogen) atoms.